The van der Waals surface area contributed by atoms with E-state index in [1.807, 2.05) is 37.3 Å². The van der Waals surface area contributed by atoms with E-state index in [0.29, 0.717) is 24.9 Å². The first-order chi connectivity index (χ1) is 11.3. The van der Waals surface area contributed by atoms with Gasteiger partial charge < -0.3 is 9.26 Å². The molecule has 0 spiro atoms. The third-order valence-corrected chi connectivity index (χ3v) is 3.99. The van der Waals surface area contributed by atoms with Crippen LogP contribution in [0, 0.1) is 0 Å². The van der Waals surface area contributed by atoms with Crippen molar-refractivity contribution < 1.29 is 14.1 Å². The van der Waals surface area contributed by atoms with Crippen molar-refractivity contribution in [3.05, 3.63) is 36.2 Å². The number of carbonyl (C=O) groups excluding carboxylic acids is 1. The molecule has 23 heavy (non-hydrogen) atoms. The van der Waals surface area contributed by atoms with E-state index in [4.69, 9.17) is 9.26 Å². The van der Waals surface area contributed by atoms with E-state index in [0.717, 1.165) is 31.5 Å². The molecule has 1 aromatic carbocycles. The maximum absolute atomic E-state index is 11.6. The van der Waals surface area contributed by atoms with Gasteiger partial charge in [0.05, 0.1) is 19.1 Å². The summed E-state index contributed by atoms with van der Waals surface area (Å²) in [7, 11) is 0. The van der Waals surface area contributed by atoms with Gasteiger partial charge in [0.15, 0.2) is 0 Å². The highest BCUT2D eigenvalue weighted by atomic mass is 16.5. The number of hydrogen-bond donors (Lipinski definition) is 0. The number of esters is 1. The van der Waals surface area contributed by atoms with Crippen LogP contribution >= 0.6 is 0 Å². The molecule has 2 aromatic rings. The number of piperidine rings is 1. The Morgan fingerprint density at radius 1 is 1.39 bits per heavy atom. The molecule has 122 valence electrons. The van der Waals surface area contributed by atoms with Crippen molar-refractivity contribution in [2.45, 2.75) is 25.7 Å². The van der Waals surface area contributed by atoms with Gasteiger partial charge in [-0.3, -0.25) is 9.69 Å². The first-order valence-electron chi connectivity index (χ1n) is 8.03. The van der Waals surface area contributed by atoms with Gasteiger partial charge in [-0.15, -0.1) is 0 Å². The van der Waals surface area contributed by atoms with Crippen molar-refractivity contribution in [1.29, 1.82) is 0 Å². The molecule has 1 atom stereocenters. The van der Waals surface area contributed by atoms with Crippen LogP contribution in [0.2, 0.25) is 0 Å². The van der Waals surface area contributed by atoms with Crippen LogP contribution < -0.4 is 0 Å². The SMILES string of the molecule is CCOC(=O)CN1CCC[C@@H](c2nc(-c3ccccc3)no2)C1. The summed E-state index contributed by atoms with van der Waals surface area (Å²) in [4.78, 5) is 18.3. The summed E-state index contributed by atoms with van der Waals surface area (Å²) in [6, 6.07) is 9.78. The summed E-state index contributed by atoms with van der Waals surface area (Å²) in [6.07, 6.45) is 2.00. The van der Waals surface area contributed by atoms with E-state index in [1.165, 1.54) is 0 Å². The molecular weight excluding hydrogens is 294 g/mol. The molecule has 0 N–H and O–H groups in total. The molecule has 0 aliphatic carbocycles. The summed E-state index contributed by atoms with van der Waals surface area (Å²) in [5.41, 5.74) is 0.946. The summed E-state index contributed by atoms with van der Waals surface area (Å²) in [5.74, 6) is 1.26. The minimum atomic E-state index is -0.177. The van der Waals surface area contributed by atoms with Gasteiger partial charge in [0.1, 0.15) is 0 Å². The van der Waals surface area contributed by atoms with Crippen LogP contribution in [0.5, 0.6) is 0 Å². The topological polar surface area (TPSA) is 68.5 Å². The van der Waals surface area contributed by atoms with Gasteiger partial charge in [-0.2, -0.15) is 4.98 Å². The van der Waals surface area contributed by atoms with Gasteiger partial charge in [0, 0.05) is 12.1 Å². The lowest BCUT2D eigenvalue weighted by molar-refractivity contribution is -0.144. The molecule has 0 bridgehead atoms. The number of ether oxygens (including phenoxy) is 1. The molecule has 3 rings (SSSR count). The summed E-state index contributed by atoms with van der Waals surface area (Å²) in [5, 5.41) is 4.08. The van der Waals surface area contributed by atoms with Crippen molar-refractivity contribution in [3.8, 4) is 11.4 Å². The fourth-order valence-corrected chi connectivity index (χ4v) is 2.90. The van der Waals surface area contributed by atoms with E-state index >= 15 is 0 Å². The number of nitrogens with zero attached hydrogens (tertiary/aromatic N) is 3. The van der Waals surface area contributed by atoms with Crippen molar-refractivity contribution in [2.24, 2.45) is 0 Å². The maximum atomic E-state index is 11.6. The van der Waals surface area contributed by atoms with E-state index in [2.05, 4.69) is 15.0 Å². The van der Waals surface area contributed by atoms with Crippen molar-refractivity contribution in [3.63, 3.8) is 0 Å². The van der Waals surface area contributed by atoms with Gasteiger partial charge >= 0.3 is 5.97 Å². The van der Waals surface area contributed by atoms with E-state index in [1.54, 1.807) is 0 Å². The average molecular weight is 315 g/mol. The highest BCUT2D eigenvalue weighted by Crippen LogP contribution is 2.27. The first kappa shape index (κ1) is 15.7. The van der Waals surface area contributed by atoms with Crippen LogP contribution in [-0.2, 0) is 9.53 Å². The molecule has 1 aliphatic heterocycles. The molecule has 1 saturated heterocycles. The van der Waals surface area contributed by atoms with Gasteiger partial charge in [-0.1, -0.05) is 35.5 Å². The zero-order valence-electron chi connectivity index (χ0n) is 13.3. The summed E-state index contributed by atoms with van der Waals surface area (Å²) in [6.45, 7) is 4.20. The normalized spacial score (nSPS) is 18.7. The third kappa shape index (κ3) is 3.96. The number of rotatable bonds is 5. The Labute approximate surface area is 135 Å². The van der Waals surface area contributed by atoms with Crippen LogP contribution in [0.15, 0.2) is 34.9 Å². The first-order valence-corrected chi connectivity index (χ1v) is 8.03. The Kier molecular flexibility index (Phi) is 5.02. The minimum Gasteiger partial charge on any atom is -0.465 e. The van der Waals surface area contributed by atoms with Crippen LogP contribution in [0.4, 0.5) is 0 Å². The summed E-state index contributed by atoms with van der Waals surface area (Å²) < 4.78 is 10.5. The second kappa shape index (κ2) is 7.37. The fourth-order valence-electron chi connectivity index (χ4n) is 2.90. The molecule has 0 unspecified atom stereocenters. The minimum absolute atomic E-state index is 0.170. The van der Waals surface area contributed by atoms with Gasteiger partial charge in [0.25, 0.3) is 0 Å². The predicted molar refractivity (Wildman–Crippen MR) is 84.8 cm³/mol. The Bertz CT molecular complexity index is 642. The molecule has 6 nitrogen and oxygen atoms in total. The Hall–Kier alpha value is -2.21. The molecule has 6 heteroatoms. The Balaban J connectivity index is 1.65. The number of aromatic nitrogens is 2. The standard InChI is InChI=1S/C17H21N3O3/c1-2-22-15(21)12-20-10-6-9-14(11-20)17-18-16(19-23-17)13-7-4-3-5-8-13/h3-5,7-8,14H,2,6,9-12H2,1H3/t14-/m1/s1. The van der Waals surface area contributed by atoms with Crippen LogP contribution in [0.3, 0.4) is 0 Å². The molecule has 1 aromatic heterocycles. The van der Waals surface area contributed by atoms with Gasteiger partial charge in [-0.05, 0) is 26.3 Å². The molecular formula is C17H21N3O3. The Morgan fingerprint density at radius 2 is 2.22 bits per heavy atom. The molecule has 2 heterocycles. The largest absolute Gasteiger partial charge is 0.465 e. The predicted octanol–water partition coefficient (Wildman–Crippen LogP) is 2.48. The molecule has 0 radical (unpaired) electrons. The lowest BCUT2D eigenvalue weighted by Crippen LogP contribution is -2.38. The zero-order chi connectivity index (χ0) is 16.1. The maximum Gasteiger partial charge on any atom is 0.320 e. The number of likely N-dealkylation sites (tertiary alicyclic amines) is 1. The zero-order valence-corrected chi connectivity index (χ0v) is 13.3. The average Bonchev–Trinajstić information content (AvgIpc) is 3.06. The van der Waals surface area contributed by atoms with Gasteiger partial charge in [-0.25, -0.2) is 0 Å². The lowest BCUT2D eigenvalue weighted by Gasteiger charge is -2.29. The molecule has 1 aliphatic rings. The van der Waals surface area contributed by atoms with Crippen LogP contribution in [0.1, 0.15) is 31.6 Å². The van der Waals surface area contributed by atoms with E-state index in [9.17, 15) is 4.79 Å². The smallest absolute Gasteiger partial charge is 0.320 e. The summed E-state index contributed by atoms with van der Waals surface area (Å²) >= 11 is 0. The molecule has 0 saturated carbocycles. The van der Waals surface area contributed by atoms with Crippen LogP contribution in [-0.4, -0.2) is 47.3 Å². The van der Waals surface area contributed by atoms with Gasteiger partial charge in [0.2, 0.25) is 11.7 Å². The van der Waals surface area contributed by atoms with Crippen molar-refractivity contribution in [1.82, 2.24) is 15.0 Å². The Morgan fingerprint density at radius 3 is 3.00 bits per heavy atom. The monoisotopic (exact) mass is 315 g/mol. The van der Waals surface area contributed by atoms with Crippen LogP contribution in [0.25, 0.3) is 11.4 Å². The quantitative estimate of drug-likeness (QED) is 0.790. The number of carbonyl (C=O) groups is 1. The lowest BCUT2D eigenvalue weighted by atomic mass is 9.98. The van der Waals surface area contributed by atoms with Crippen molar-refractivity contribution >= 4 is 5.97 Å². The van der Waals surface area contributed by atoms with E-state index in [-0.39, 0.29) is 11.9 Å². The second-order valence-electron chi connectivity index (χ2n) is 5.70. The number of hydrogen-bond acceptors (Lipinski definition) is 6. The highest BCUT2D eigenvalue weighted by Gasteiger charge is 2.27. The van der Waals surface area contributed by atoms with Crippen molar-refractivity contribution in [2.75, 3.05) is 26.2 Å². The van der Waals surface area contributed by atoms with E-state index < -0.39 is 0 Å². The fraction of sp³-hybridized carbons (Fsp3) is 0.471. The third-order valence-electron chi connectivity index (χ3n) is 3.99. The molecule has 1 fully saturated rings. The second-order valence-corrected chi connectivity index (χ2v) is 5.70. The highest BCUT2D eigenvalue weighted by molar-refractivity contribution is 5.71. The number of benzene rings is 1. The molecule has 0 amide bonds.